The highest BCUT2D eigenvalue weighted by atomic mass is 32.2. The first kappa shape index (κ1) is 22.4. The van der Waals surface area contributed by atoms with Gasteiger partial charge in [0.05, 0.1) is 17.7 Å². The van der Waals surface area contributed by atoms with Crippen molar-refractivity contribution in [1.29, 1.82) is 0 Å². The van der Waals surface area contributed by atoms with Crippen LogP contribution < -0.4 is 9.46 Å². The highest BCUT2D eigenvalue weighted by Crippen LogP contribution is 2.37. The van der Waals surface area contributed by atoms with Gasteiger partial charge in [-0.15, -0.1) is 0 Å². The Kier molecular flexibility index (Phi) is 5.84. The Bertz CT molecular complexity index is 1640. The maximum Gasteiger partial charge on any atom is 0.263 e. The number of sulfonamides is 1. The van der Waals surface area contributed by atoms with Crippen LogP contribution in [-0.4, -0.2) is 30.5 Å². The normalized spacial score (nSPS) is 11.4. The Morgan fingerprint density at radius 2 is 1.74 bits per heavy atom. The number of methoxy groups -OCH3 is 1. The van der Waals surface area contributed by atoms with Crippen molar-refractivity contribution in [3.8, 4) is 28.1 Å². The molecule has 7 nitrogen and oxygen atoms in total. The van der Waals surface area contributed by atoms with Gasteiger partial charge < -0.3 is 4.74 Å². The summed E-state index contributed by atoms with van der Waals surface area (Å²) in [5, 5.41) is 1.42. The van der Waals surface area contributed by atoms with E-state index < -0.39 is 10.0 Å². The topological polar surface area (TPSA) is 94.1 Å². The number of rotatable bonds is 6. The second kappa shape index (κ2) is 9.11. The first-order valence-electron chi connectivity index (χ1n) is 10.6. The van der Waals surface area contributed by atoms with Crippen molar-refractivity contribution in [3.63, 3.8) is 0 Å². The Balaban J connectivity index is 1.60. The number of anilines is 1. The van der Waals surface area contributed by atoms with Crippen LogP contribution in [0.25, 0.3) is 33.2 Å². The molecule has 0 fully saturated rings. The van der Waals surface area contributed by atoms with E-state index in [4.69, 9.17) is 4.74 Å². The van der Waals surface area contributed by atoms with Crippen molar-refractivity contribution < 1.29 is 17.5 Å². The molecule has 0 spiro atoms. The number of nitrogens with zero attached hydrogens (tertiary/aromatic N) is 3. The number of pyridine rings is 1. The molecule has 0 atom stereocenters. The highest BCUT2D eigenvalue weighted by molar-refractivity contribution is 7.92. The number of hydrogen-bond donors (Lipinski definition) is 1. The SMILES string of the molecule is COc1ccc(-c2cccc(F)c2)cc1-c1nccc2cc(S(=O)(=O)Nc3ccncn3)ccc12. The van der Waals surface area contributed by atoms with Crippen molar-refractivity contribution in [2.24, 2.45) is 0 Å². The largest absolute Gasteiger partial charge is 0.496 e. The van der Waals surface area contributed by atoms with E-state index in [0.29, 0.717) is 22.4 Å². The molecule has 174 valence electrons. The summed E-state index contributed by atoms with van der Waals surface area (Å²) in [6.07, 6.45) is 4.33. The second-order valence-corrected chi connectivity index (χ2v) is 9.35. The van der Waals surface area contributed by atoms with Crippen molar-refractivity contribution in [1.82, 2.24) is 15.0 Å². The average molecular weight is 487 g/mol. The summed E-state index contributed by atoms with van der Waals surface area (Å²) in [6.45, 7) is 0. The molecule has 2 heterocycles. The molecule has 0 unspecified atom stereocenters. The summed E-state index contributed by atoms with van der Waals surface area (Å²) in [5.74, 6) is 0.439. The molecule has 0 aliphatic heterocycles. The van der Waals surface area contributed by atoms with Crippen LogP contribution in [0.1, 0.15) is 0 Å². The third-order valence-electron chi connectivity index (χ3n) is 5.48. The number of ether oxygens (including phenoxy) is 1. The van der Waals surface area contributed by atoms with Gasteiger partial charge in [-0.05, 0) is 65.0 Å². The standard InChI is InChI=1S/C26H19FN4O3S/c1-34-24-8-5-18(17-3-2-4-20(27)13-17)15-23(24)26-22-7-6-21(14-19(22)9-12-29-26)35(32,33)31-25-10-11-28-16-30-25/h2-16H,1H3,(H,28,30,31). The summed E-state index contributed by atoms with van der Waals surface area (Å²) >= 11 is 0. The molecule has 3 aromatic carbocycles. The van der Waals surface area contributed by atoms with Gasteiger partial charge in [0.25, 0.3) is 10.0 Å². The minimum atomic E-state index is -3.86. The Morgan fingerprint density at radius 1 is 0.886 bits per heavy atom. The third-order valence-corrected chi connectivity index (χ3v) is 6.83. The predicted molar refractivity (Wildman–Crippen MR) is 132 cm³/mol. The van der Waals surface area contributed by atoms with E-state index >= 15 is 0 Å². The summed E-state index contributed by atoms with van der Waals surface area (Å²) in [6, 6.07) is 19.9. The van der Waals surface area contributed by atoms with E-state index in [1.165, 1.54) is 36.8 Å². The lowest BCUT2D eigenvalue weighted by atomic mass is 9.98. The zero-order valence-electron chi connectivity index (χ0n) is 18.5. The van der Waals surface area contributed by atoms with E-state index in [1.807, 2.05) is 18.2 Å². The van der Waals surface area contributed by atoms with E-state index in [9.17, 15) is 12.8 Å². The number of nitrogens with one attached hydrogen (secondary N) is 1. The van der Waals surface area contributed by atoms with Crippen LogP contribution in [0.3, 0.4) is 0 Å². The van der Waals surface area contributed by atoms with Gasteiger partial charge in [-0.1, -0.05) is 24.3 Å². The molecule has 1 N–H and O–H groups in total. The zero-order chi connectivity index (χ0) is 24.4. The zero-order valence-corrected chi connectivity index (χ0v) is 19.3. The van der Waals surface area contributed by atoms with Crippen molar-refractivity contribution in [2.75, 3.05) is 11.8 Å². The van der Waals surface area contributed by atoms with Crippen LogP contribution in [0, 0.1) is 5.82 Å². The molecule has 2 aromatic heterocycles. The van der Waals surface area contributed by atoms with Gasteiger partial charge in [0.1, 0.15) is 23.7 Å². The first-order valence-corrected chi connectivity index (χ1v) is 12.0. The summed E-state index contributed by atoms with van der Waals surface area (Å²) in [5.41, 5.74) is 2.84. The molecule has 0 aliphatic carbocycles. The fourth-order valence-electron chi connectivity index (χ4n) is 3.83. The Morgan fingerprint density at radius 3 is 2.51 bits per heavy atom. The summed E-state index contributed by atoms with van der Waals surface area (Å²) < 4.78 is 47.6. The maximum absolute atomic E-state index is 13.8. The van der Waals surface area contributed by atoms with Gasteiger partial charge >= 0.3 is 0 Å². The quantitative estimate of drug-likeness (QED) is 0.350. The van der Waals surface area contributed by atoms with Crippen LogP contribution in [0.2, 0.25) is 0 Å². The molecule has 5 rings (SSSR count). The molecule has 0 amide bonds. The first-order chi connectivity index (χ1) is 16.9. The van der Waals surface area contributed by atoms with Crippen LogP contribution in [0.4, 0.5) is 10.2 Å². The molecule has 0 saturated heterocycles. The smallest absolute Gasteiger partial charge is 0.263 e. The lowest BCUT2D eigenvalue weighted by molar-refractivity contribution is 0.416. The fourth-order valence-corrected chi connectivity index (χ4v) is 4.87. The molecule has 0 saturated carbocycles. The number of halogens is 1. The highest BCUT2D eigenvalue weighted by Gasteiger charge is 2.18. The lowest BCUT2D eigenvalue weighted by Gasteiger charge is -2.14. The summed E-state index contributed by atoms with van der Waals surface area (Å²) in [4.78, 5) is 12.4. The molecular weight excluding hydrogens is 467 g/mol. The predicted octanol–water partition coefficient (Wildman–Crippen LogP) is 5.31. The second-order valence-electron chi connectivity index (χ2n) is 7.67. The van der Waals surface area contributed by atoms with Crippen LogP contribution in [0.15, 0.2) is 96.4 Å². The molecule has 35 heavy (non-hydrogen) atoms. The van der Waals surface area contributed by atoms with Crippen LogP contribution in [-0.2, 0) is 10.0 Å². The van der Waals surface area contributed by atoms with Gasteiger partial charge in [-0.2, -0.15) is 0 Å². The van der Waals surface area contributed by atoms with E-state index in [-0.39, 0.29) is 16.5 Å². The fraction of sp³-hybridized carbons (Fsp3) is 0.0385. The lowest BCUT2D eigenvalue weighted by Crippen LogP contribution is -2.13. The van der Waals surface area contributed by atoms with Gasteiger partial charge in [-0.3, -0.25) is 9.71 Å². The van der Waals surface area contributed by atoms with E-state index in [0.717, 1.165) is 16.5 Å². The Hall–Kier alpha value is -4.37. The van der Waals surface area contributed by atoms with Crippen molar-refractivity contribution in [3.05, 3.63) is 97.3 Å². The van der Waals surface area contributed by atoms with Gasteiger partial charge in [0.2, 0.25) is 0 Å². The van der Waals surface area contributed by atoms with Crippen molar-refractivity contribution in [2.45, 2.75) is 4.90 Å². The molecule has 5 aromatic rings. The third kappa shape index (κ3) is 4.53. The van der Waals surface area contributed by atoms with E-state index in [2.05, 4.69) is 19.7 Å². The molecule has 9 heteroatoms. The van der Waals surface area contributed by atoms with Gasteiger partial charge in [0, 0.05) is 23.3 Å². The maximum atomic E-state index is 13.8. The molecule has 0 bridgehead atoms. The van der Waals surface area contributed by atoms with Gasteiger partial charge in [0.15, 0.2) is 0 Å². The minimum Gasteiger partial charge on any atom is -0.496 e. The number of aromatic nitrogens is 3. The average Bonchev–Trinajstić information content (AvgIpc) is 2.88. The number of benzene rings is 3. The molecule has 0 radical (unpaired) electrons. The minimum absolute atomic E-state index is 0.0845. The van der Waals surface area contributed by atoms with E-state index in [1.54, 1.807) is 43.6 Å². The molecule has 0 aliphatic rings. The number of fused-ring (bicyclic) bond motifs is 1. The molecular formula is C26H19FN4O3S. The van der Waals surface area contributed by atoms with Crippen LogP contribution >= 0.6 is 0 Å². The monoisotopic (exact) mass is 486 g/mol. The number of hydrogen-bond acceptors (Lipinski definition) is 6. The summed E-state index contributed by atoms with van der Waals surface area (Å²) in [7, 11) is -2.30. The van der Waals surface area contributed by atoms with Crippen molar-refractivity contribution >= 4 is 26.6 Å². The van der Waals surface area contributed by atoms with Gasteiger partial charge in [-0.25, -0.2) is 22.8 Å². The van der Waals surface area contributed by atoms with Crippen LogP contribution in [0.5, 0.6) is 5.75 Å². The Labute approximate surface area is 201 Å².